The van der Waals surface area contributed by atoms with Crippen molar-refractivity contribution < 1.29 is 18.7 Å². The lowest BCUT2D eigenvalue weighted by Crippen LogP contribution is -2.48. The number of amides is 2. The van der Waals surface area contributed by atoms with Gasteiger partial charge in [0, 0.05) is 81.8 Å². The van der Waals surface area contributed by atoms with Crippen molar-refractivity contribution in [2.45, 2.75) is 32.7 Å². The minimum Gasteiger partial charge on any atom is -0.481 e. The number of ether oxygens (including phenoxy) is 1. The molecule has 1 aliphatic heterocycles. The topological polar surface area (TPSA) is 119 Å². The number of nitrogens with one attached hydrogen (secondary N) is 1. The Bertz CT molecular complexity index is 2030. The third kappa shape index (κ3) is 5.73. The van der Waals surface area contributed by atoms with Crippen molar-refractivity contribution in [1.82, 2.24) is 23.9 Å². The number of carbonyl (C=O) groups is 2. The van der Waals surface area contributed by atoms with Gasteiger partial charge in [-0.25, -0.2) is 14.2 Å². The van der Waals surface area contributed by atoms with Gasteiger partial charge in [-0.3, -0.25) is 23.9 Å². The Balaban J connectivity index is 1.31. The first-order chi connectivity index (χ1) is 22.5. The van der Waals surface area contributed by atoms with Crippen molar-refractivity contribution in [3.8, 4) is 28.3 Å². The van der Waals surface area contributed by atoms with E-state index in [1.165, 1.54) is 24.9 Å². The molecule has 4 aromatic rings. The van der Waals surface area contributed by atoms with E-state index in [1.807, 2.05) is 11.0 Å². The fourth-order valence-corrected chi connectivity index (χ4v) is 6.74. The van der Waals surface area contributed by atoms with E-state index in [2.05, 4.69) is 10.2 Å². The Morgan fingerprint density at radius 3 is 2.38 bits per heavy atom. The predicted octanol–water partition coefficient (Wildman–Crippen LogP) is 3.67. The molecule has 0 saturated carbocycles. The molecule has 1 unspecified atom stereocenters. The van der Waals surface area contributed by atoms with Gasteiger partial charge >= 0.3 is 5.69 Å². The number of aryl methyl sites for hydroxylation is 2. The fraction of sp³-hybridized carbons (Fsp3) is 0.343. The van der Waals surface area contributed by atoms with Gasteiger partial charge in [0.1, 0.15) is 11.4 Å². The molecule has 1 atom stereocenters. The van der Waals surface area contributed by atoms with Crippen LogP contribution in [0.4, 0.5) is 10.1 Å². The second kappa shape index (κ2) is 12.6. The van der Waals surface area contributed by atoms with Gasteiger partial charge in [-0.05, 0) is 54.7 Å². The lowest BCUT2D eigenvalue weighted by molar-refractivity contribution is -0.130. The molecule has 0 spiro atoms. The van der Waals surface area contributed by atoms with Crippen LogP contribution in [-0.2, 0) is 25.3 Å². The number of nitrogens with zero attached hydrogens (tertiary/aromatic N) is 5. The molecule has 12 heteroatoms. The Morgan fingerprint density at radius 1 is 1.00 bits per heavy atom. The number of fused-ring (bicyclic) bond motifs is 1. The standard InChI is InChI=1S/C35H37FN6O5/c1-20-23(8-7-11-27(20)37-32(44)26-19-39(3)35(46)40(4)34(26)45)24-9-6-10-25(31(24)36)28-18-22-12-13-29(30(22)33(38-28)47-5)42-16-14-41(15-17-42)21(2)43/h6-11,18-19,29H,12-17H2,1-5H3,(H,37,44). The Hall–Kier alpha value is -5.10. The molecular formula is C35H37FN6O5. The predicted molar refractivity (Wildman–Crippen MR) is 176 cm³/mol. The summed E-state index contributed by atoms with van der Waals surface area (Å²) in [7, 11) is 4.35. The van der Waals surface area contributed by atoms with Crippen LogP contribution in [0.1, 0.15) is 46.4 Å². The van der Waals surface area contributed by atoms with Crippen LogP contribution in [0.15, 0.2) is 58.3 Å². The third-order valence-electron chi connectivity index (χ3n) is 9.36. The summed E-state index contributed by atoms with van der Waals surface area (Å²) in [6.07, 6.45) is 2.90. The molecule has 2 aromatic heterocycles. The molecule has 47 heavy (non-hydrogen) atoms. The number of rotatable bonds is 6. The molecule has 0 radical (unpaired) electrons. The van der Waals surface area contributed by atoms with E-state index in [1.54, 1.807) is 57.4 Å². The van der Waals surface area contributed by atoms with E-state index in [-0.39, 0.29) is 17.5 Å². The van der Waals surface area contributed by atoms with Gasteiger partial charge in [-0.2, -0.15) is 0 Å². The van der Waals surface area contributed by atoms with Gasteiger partial charge in [0.25, 0.3) is 11.5 Å². The van der Waals surface area contributed by atoms with E-state index in [0.717, 1.165) is 41.6 Å². The van der Waals surface area contributed by atoms with E-state index in [9.17, 15) is 19.2 Å². The molecule has 2 amide bonds. The van der Waals surface area contributed by atoms with Crippen molar-refractivity contribution in [2.24, 2.45) is 14.1 Å². The molecule has 2 aliphatic rings. The average Bonchev–Trinajstić information content (AvgIpc) is 3.50. The minimum atomic E-state index is -0.711. The number of hydrogen-bond donors (Lipinski definition) is 1. The molecule has 3 heterocycles. The molecular weight excluding hydrogens is 603 g/mol. The van der Waals surface area contributed by atoms with Crippen LogP contribution in [0.25, 0.3) is 22.4 Å². The highest BCUT2D eigenvalue weighted by Gasteiger charge is 2.35. The molecule has 1 fully saturated rings. The maximum atomic E-state index is 16.4. The monoisotopic (exact) mass is 640 g/mol. The van der Waals surface area contributed by atoms with Crippen LogP contribution in [0.2, 0.25) is 0 Å². The number of piperazine rings is 1. The first kappa shape index (κ1) is 31.9. The number of methoxy groups -OCH3 is 1. The second-order valence-corrected chi connectivity index (χ2v) is 12.1. The van der Waals surface area contributed by atoms with Gasteiger partial charge in [-0.1, -0.05) is 24.3 Å². The third-order valence-corrected chi connectivity index (χ3v) is 9.36. The Morgan fingerprint density at radius 2 is 1.68 bits per heavy atom. The minimum absolute atomic E-state index is 0.0877. The summed E-state index contributed by atoms with van der Waals surface area (Å²) >= 11 is 0. The normalized spacial score (nSPS) is 16.2. The van der Waals surface area contributed by atoms with Crippen molar-refractivity contribution in [3.05, 3.63) is 97.6 Å². The summed E-state index contributed by atoms with van der Waals surface area (Å²) < 4.78 is 24.3. The van der Waals surface area contributed by atoms with E-state index < -0.39 is 23.0 Å². The summed E-state index contributed by atoms with van der Waals surface area (Å²) in [4.78, 5) is 58.7. The maximum absolute atomic E-state index is 16.4. The van der Waals surface area contributed by atoms with Gasteiger partial charge < -0.3 is 19.5 Å². The Kier molecular flexibility index (Phi) is 8.54. The summed E-state index contributed by atoms with van der Waals surface area (Å²) in [5, 5.41) is 2.76. The quantitative estimate of drug-likeness (QED) is 0.342. The van der Waals surface area contributed by atoms with Crippen LogP contribution < -0.4 is 21.3 Å². The molecule has 1 N–H and O–H groups in total. The molecule has 11 nitrogen and oxygen atoms in total. The maximum Gasteiger partial charge on any atom is 0.330 e. The lowest BCUT2D eigenvalue weighted by atomic mass is 9.95. The first-order valence-corrected chi connectivity index (χ1v) is 15.5. The average molecular weight is 641 g/mol. The Labute approximate surface area is 271 Å². The van der Waals surface area contributed by atoms with Gasteiger partial charge in [0.15, 0.2) is 0 Å². The van der Waals surface area contributed by atoms with Crippen molar-refractivity contribution in [3.63, 3.8) is 0 Å². The summed E-state index contributed by atoms with van der Waals surface area (Å²) in [6.45, 7) is 6.27. The number of pyridine rings is 1. The molecule has 2 aromatic carbocycles. The summed E-state index contributed by atoms with van der Waals surface area (Å²) in [5.41, 5.74) is 3.34. The highest BCUT2D eigenvalue weighted by molar-refractivity contribution is 6.04. The zero-order valence-electron chi connectivity index (χ0n) is 27.1. The molecule has 0 bridgehead atoms. The smallest absolute Gasteiger partial charge is 0.330 e. The van der Waals surface area contributed by atoms with E-state index in [4.69, 9.17) is 9.72 Å². The first-order valence-electron chi connectivity index (χ1n) is 15.5. The van der Waals surface area contributed by atoms with Crippen molar-refractivity contribution >= 4 is 17.5 Å². The second-order valence-electron chi connectivity index (χ2n) is 12.1. The largest absolute Gasteiger partial charge is 0.481 e. The van der Waals surface area contributed by atoms with E-state index in [0.29, 0.717) is 52.6 Å². The number of aromatic nitrogens is 3. The van der Waals surface area contributed by atoms with Crippen LogP contribution in [0.5, 0.6) is 5.88 Å². The van der Waals surface area contributed by atoms with Gasteiger partial charge in [0.2, 0.25) is 11.8 Å². The summed E-state index contributed by atoms with van der Waals surface area (Å²) in [6, 6.07) is 12.4. The van der Waals surface area contributed by atoms with Crippen LogP contribution in [0, 0.1) is 12.7 Å². The van der Waals surface area contributed by atoms with Crippen molar-refractivity contribution in [2.75, 3.05) is 38.6 Å². The van der Waals surface area contributed by atoms with Crippen LogP contribution >= 0.6 is 0 Å². The van der Waals surface area contributed by atoms with Crippen molar-refractivity contribution in [1.29, 1.82) is 0 Å². The number of hydrogen-bond acceptors (Lipinski definition) is 7. The number of carbonyl (C=O) groups excluding carboxylic acids is 2. The lowest BCUT2D eigenvalue weighted by Gasteiger charge is -2.38. The molecule has 1 saturated heterocycles. The number of anilines is 1. The zero-order valence-corrected chi connectivity index (χ0v) is 27.1. The molecule has 1 aliphatic carbocycles. The van der Waals surface area contributed by atoms with Crippen LogP contribution in [0.3, 0.4) is 0 Å². The highest BCUT2D eigenvalue weighted by Crippen LogP contribution is 2.43. The number of benzene rings is 2. The SMILES string of the molecule is COc1nc(-c2cccc(-c3cccc(NC(=O)c4cn(C)c(=O)n(C)c4=O)c3C)c2F)cc2c1C(N1CCN(C(C)=O)CC1)CC2. The molecule has 244 valence electrons. The van der Waals surface area contributed by atoms with Gasteiger partial charge in [-0.15, -0.1) is 0 Å². The molecule has 6 rings (SSSR count). The zero-order chi connectivity index (χ0) is 33.6. The van der Waals surface area contributed by atoms with E-state index >= 15 is 4.39 Å². The summed E-state index contributed by atoms with van der Waals surface area (Å²) in [5.74, 6) is -0.575. The fourth-order valence-electron chi connectivity index (χ4n) is 6.74. The van der Waals surface area contributed by atoms with Crippen LogP contribution in [-0.4, -0.2) is 69.0 Å². The number of halogens is 1. The van der Waals surface area contributed by atoms with Gasteiger partial charge in [0.05, 0.1) is 12.8 Å². The highest BCUT2D eigenvalue weighted by atomic mass is 19.1.